The van der Waals surface area contributed by atoms with Gasteiger partial charge < -0.3 is 11.1 Å². The zero-order chi connectivity index (χ0) is 14.8. The zero-order valence-electron chi connectivity index (χ0n) is 12.3. The molecule has 0 radical (unpaired) electrons. The number of aromatic nitrogens is 1. The van der Waals surface area contributed by atoms with Crippen molar-refractivity contribution < 1.29 is 0 Å². The van der Waals surface area contributed by atoms with Gasteiger partial charge in [-0.05, 0) is 30.9 Å². The first-order valence-corrected chi connectivity index (χ1v) is 8.02. The molecule has 0 saturated heterocycles. The Morgan fingerprint density at radius 1 is 1.29 bits per heavy atom. The molecule has 2 aromatic rings. The van der Waals surface area contributed by atoms with Gasteiger partial charge in [0.1, 0.15) is 10.8 Å². The highest BCUT2D eigenvalue weighted by molar-refractivity contribution is 7.80. The summed E-state index contributed by atoms with van der Waals surface area (Å²) in [5.41, 5.74) is 7.72. The van der Waals surface area contributed by atoms with Crippen molar-refractivity contribution in [1.82, 2.24) is 4.98 Å². The molecule has 110 valence electrons. The SMILES string of the molecule is CC1CCCCC1Nc1nc2ccccc2cc1C(N)=S. The standard InChI is InChI=1S/C17H21N3S/c1-11-6-2-4-8-14(11)19-17-13(16(18)21)10-12-7-3-5-9-15(12)20-17/h3,5,7,9-11,14H,2,4,6,8H2,1H3,(H2,18,21)(H,19,20). The van der Waals surface area contributed by atoms with Crippen molar-refractivity contribution in [2.24, 2.45) is 11.7 Å². The molecule has 3 N–H and O–H groups in total. The van der Waals surface area contributed by atoms with E-state index in [1.807, 2.05) is 30.3 Å². The second kappa shape index (κ2) is 5.98. The van der Waals surface area contributed by atoms with Gasteiger partial charge in [0, 0.05) is 11.4 Å². The molecule has 0 amide bonds. The molecule has 2 unspecified atom stereocenters. The fourth-order valence-corrected chi connectivity index (χ4v) is 3.28. The topological polar surface area (TPSA) is 50.9 Å². The first-order chi connectivity index (χ1) is 10.1. The van der Waals surface area contributed by atoms with Crippen molar-refractivity contribution in [2.75, 3.05) is 5.32 Å². The lowest BCUT2D eigenvalue weighted by Gasteiger charge is -2.30. The van der Waals surface area contributed by atoms with E-state index in [1.165, 1.54) is 25.7 Å². The number of hydrogen-bond donors (Lipinski definition) is 2. The highest BCUT2D eigenvalue weighted by Crippen LogP contribution is 2.28. The molecular weight excluding hydrogens is 278 g/mol. The van der Waals surface area contributed by atoms with E-state index in [0.717, 1.165) is 22.3 Å². The van der Waals surface area contributed by atoms with E-state index < -0.39 is 0 Å². The van der Waals surface area contributed by atoms with Crippen LogP contribution in [0.4, 0.5) is 5.82 Å². The number of hydrogen-bond acceptors (Lipinski definition) is 3. The predicted octanol–water partition coefficient (Wildman–Crippen LogP) is 3.86. The highest BCUT2D eigenvalue weighted by atomic mass is 32.1. The highest BCUT2D eigenvalue weighted by Gasteiger charge is 2.22. The molecule has 3 rings (SSSR count). The Morgan fingerprint density at radius 2 is 2.05 bits per heavy atom. The normalized spacial score (nSPS) is 22.1. The van der Waals surface area contributed by atoms with E-state index in [1.54, 1.807) is 0 Å². The van der Waals surface area contributed by atoms with Gasteiger partial charge in [-0.3, -0.25) is 0 Å². The molecular formula is C17H21N3S. The molecule has 1 aliphatic rings. The van der Waals surface area contributed by atoms with Crippen LogP contribution in [0.5, 0.6) is 0 Å². The summed E-state index contributed by atoms with van der Waals surface area (Å²) in [5.74, 6) is 1.49. The third-order valence-corrected chi connectivity index (χ3v) is 4.64. The van der Waals surface area contributed by atoms with Crippen molar-refractivity contribution in [3.05, 3.63) is 35.9 Å². The average molecular weight is 299 g/mol. The number of fused-ring (bicyclic) bond motifs is 1. The van der Waals surface area contributed by atoms with Gasteiger partial charge in [-0.2, -0.15) is 0 Å². The lowest BCUT2D eigenvalue weighted by Crippen LogP contribution is -2.31. The monoisotopic (exact) mass is 299 g/mol. The van der Waals surface area contributed by atoms with Crippen LogP contribution in [0, 0.1) is 5.92 Å². The van der Waals surface area contributed by atoms with Gasteiger partial charge in [-0.1, -0.05) is 50.2 Å². The van der Waals surface area contributed by atoms with Crippen LogP contribution in [0.1, 0.15) is 38.2 Å². The summed E-state index contributed by atoms with van der Waals surface area (Å²) < 4.78 is 0. The minimum atomic E-state index is 0.402. The lowest BCUT2D eigenvalue weighted by atomic mass is 9.86. The van der Waals surface area contributed by atoms with E-state index in [4.69, 9.17) is 22.9 Å². The Morgan fingerprint density at radius 3 is 2.81 bits per heavy atom. The number of anilines is 1. The second-order valence-corrected chi connectivity index (χ2v) is 6.39. The smallest absolute Gasteiger partial charge is 0.137 e. The number of nitrogens with zero attached hydrogens (tertiary/aromatic N) is 1. The molecule has 0 aliphatic heterocycles. The summed E-state index contributed by atoms with van der Waals surface area (Å²) in [6.07, 6.45) is 5.06. The van der Waals surface area contributed by atoms with Crippen LogP contribution in [0.2, 0.25) is 0 Å². The number of rotatable bonds is 3. The summed E-state index contributed by atoms with van der Waals surface area (Å²) in [7, 11) is 0. The fourth-order valence-electron chi connectivity index (χ4n) is 3.12. The van der Waals surface area contributed by atoms with E-state index in [9.17, 15) is 0 Å². The van der Waals surface area contributed by atoms with Gasteiger partial charge in [0.05, 0.1) is 11.1 Å². The Kier molecular flexibility index (Phi) is 4.06. The number of para-hydroxylation sites is 1. The molecule has 1 fully saturated rings. The minimum absolute atomic E-state index is 0.402. The van der Waals surface area contributed by atoms with Crippen molar-refractivity contribution in [3.8, 4) is 0 Å². The zero-order valence-corrected chi connectivity index (χ0v) is 13.1. The van der Waals surface area contributed by atoms with Crippen LogP contribution in [0.15, 0.2) is 30.3 Å². The second-order valence-electron chi connectivity index (χ2n) is 5.95. The minimum Gasteiger partial charge on any atom is -0.389 e. The Balaban J connectivity index is 1.99. The Bertz CT molecular complexity index is 668. The van der Waals surface area contributed by atoms with Crippen LogP contribution in [0.3, 0.4) is 0 Å². The van der Waals surface area contributed by atoms with Gasteiger partial charge >= 0.3 is 0 Å². The molecule has 1 aromatic carbocycles. The molecule has 1 aromatic heterocycles. The van der Waals surface area contributed by atoms with Crippen molar-refractivity contribution in [3.63, 3.8) is 0 Å². The lowest BCUT2D eigenvalue weighted by molar-refractivity contribution is 0.349. The molecule has 0 bridgehead atoms. The van der Waals surface area contributed by atoms with Gasteiger partial charge in [0.15, 0.2) is 0 Å². The first kappa shape index (κ1) is 14.3. The molecule has 1 heterocycles. The van der Waals surface area contributed by atoms with E-state index in [0.29, 0.717) is 16.9 Å². The number of thiocarbonyl (C=S) groups is 1. The third kappa shape index (κ3) is 3.00. The molecule has 1 saturated carbocycles. The Hall–Kier alpha value is -1.68. The summed E-state index contributed by atoms with van der Waals surface area (Å²) in [5, 5.41) is 4.67. The van der Waals surface area contributed by atoms with Crippen LogP contribution in [0.25, 0.3) is 10.9 Å². The van der Waals surface area contributed by atoms with Crippen molar-refractivity contribution in [1.29, 1.82) is 0 Å². The van der Waals surface area contributed by atoms with Crippen molar-refractivity contribution >= 4 is 33.9 Å². The summed E-state index contributed by atoms with van der Waals surface area (Å²) in [4.78, 5) is 5.15. The van der Waals surface area contributed by atoms with Crippen LogP contribution in [-0.2, 0) is 0 Å². The van der Waals surface area contributed by atoms with Crippen molar-refractivity contribution in [2.45, 2.75) is 38.6 Å². The van der Waals surface area contributed by atoms with Crippen LogP contribution in [-0.4, -0.2) is 16.0 Å². The Labute approximate surface area is 130 Å². The number of benzene rings is 1. The van der Waals surface area contributed by atoms with Crippen LogP contribution >= 0.6 is 12.2 Å². The van der Waals surface area contributed by atoms with E-state index in [2.05, 4.69) is 12.2 Å². The summed E-state index contributed by atoms with van der Waals surface area (Å²) >= 11 is 5.21. The van der Waals surface area contributed by atoms with Gasteiger partial charge in [-0.15, -0.1) is 0 Å². The maximum atomic E-state index is 5.90. The van der Waals surface area contributed by atoms with E-state index in [-0.39, 0.29) is 0 Å². The fraction of sp³-hybridized carbons (Fsp3) is 0.412. The molecule has 1 aliphatic carbocycles. The molecule has 2 atom stereocenters. The first-order valence-electron chi connectivity index (χ1n) is 7.61. The van der Waals surface area contributed by atoms with E-state index >= 15 is 0 Å². The molecule has 3 nitrogen and oxygen atoms in total. The maximum absolute atomic E-state index is 5.90. The number of pyridine rings is 1. The number of nitrogens with one attached hydrogen (secondary N) is 1. The third-order valence-electron chi connectivity index (χ3n) is 4.42. The average Bonchev–Trinajstić information content (AvgIpc) is 2.48. The van der Waals surface area contributed by atoms with Gasteiger partial charge in [-0.25, -0.2) is 4.98 Å². The number of nitrogens with two attached hydrogens (primary N) is 1. The van der Waals surface area contributed by atoms with Gasteiger partial charge in [0.2, 0.25) is 0 Å². The van der Waals surface area contributed by atoms with Gasteiger partial charge in [0.25, 0.3) is 0 Å². The quantitative estimate of drug-likeness (QED) is 0.845. The summed E-state index contributed by atoms with van der Waals surface area (Å²) in [6, 6.07) is 10.6. The van der Waals surface area contributed by atoms with Crippen LogP contribution < -0.4 is 11.1 Å². The summed E-state index contributed by atoms with van der Waals surface area (Å²) in [6.45, 7) is 2.30. The molecule has 4 heteroatoms. The largest absolute Gasteiger partial charge is 0.389 e. The molecule has 0 spiro atoms. The predicted molar refractivity (Wildman–Crippen MR) is 92.7 cm³/mol. The molecule has 21 heavy (non-hydrogen) atoms. The maximum Gasteiger partial charge on any atom is 0.137 e.